The Morgan fingerprint density at radius 3 is 2.10 bits per heavy atom. The molecule has 1 heterocycles. The predicted molar refractivity (Wildman–Crippen MR) is 40.8 cm³/mol. The number of hydrogen-bond donors (Lipinski definition) is 1. The summed E-state index contributed by atoms with van der Waals surface area (Å²) in [6, 6.07) is 0. The number of rotatable bonds is 1. The number of aldehydes is 1. The van der Waals surface area contributed by atoms with Gasteiger partial charge >= 0.3 is 0 Å². The van der Waals surface area contributed by atoms with Crippen LogP contribution in [0.15, 0.2) is 0 Å². The average molecular weight is 141 g/mol. The molecule has 2 atom stereocenters. The van der Waals surface area contributed by atoms with Crippen LogP contribution in [0.1, 0.15) is 13.8 Å². The van der Waals surface area contributed by atoms with E-state index in [1.165, 1.54) is 0 Å². The third-order valence-electron chi connectivity index (χ3n) is 2.40. The monoisotopic (exact) mass is 141 g/mol. The highest BCUT2D eigenvalue weighted by Gasteiger charge is 2.26. The standard InChI is InChI=1S/C8H15NO/c1-6-3-9-4-7(2)8(6)5-10/h5-9H,3-4H2,1-2H3. The maximum atomic E-state index is 10.6. The van der Waals surface area contributed by atoms with Crippen molar-refractivity contribution in [2.24, 2.45) is 17.8 Å². The minimum Gasteiger partial charge on any atom is -0.316 e. The van der Waals surface area contributed by atoms with Gasteiger partial charge in [0, 0.05) is 5.92 Å². The number of nitrogens with one attached hydrogen (secondary N) is 1. The molecular formula is C8H15NO. The second-order valence-corrected chi connectivity index (χ2v) is 3.33. The molecular weight excluding hydrogens is 126 g/mol. The van der Waals surface area contributed by atoms with E-state index in [2.05, 4.69) is 19.2 Å². The lowest BCUT2D eigenvalue weighted by Gasteiger charge is -2.30. The Kier molecular flexibility index (Phi) is 2.44. The van der Waals surface area contributed by atoms with Crippen molar-refractivity contribution in [2.45, 2.75) is 13.8 Å². The third kappa shape index (κ3) is 1.37. The van der Waals surface area contributed by atoms with Crippen LogP contribution in [0.4, 0.5) is 0 Å². The Bertz CT molecular complexity index is 114. The number of carbonyl (C=O) groups excluding carboxylic acids is 1. The van der Waals surface area contributed by atoms with Crippen molar-refractivity contribution >= 4 is 6.29 Å². The minimum absolute atomic E-state index is 0.279. The summed E-state index contributed by atoms with van der Waals surface area (Å²) < 4.78 is 0. The van der Waals surface area contributed by atoms with Crippen molar-refractivity contribution < 1.29 is 4.79 Å². The molecule has 1 saturated heterocycles. The van der Waals surface area contributed by atoms with E-state index in [-0.39, 0.29) is 5.92 Å². The highest BCUT2D eigenvalue weighted by Crippen LogP contribution is 2.21. The first-order chi connectivity index (χ1) is 4.75. The highest BCUT2D eigenvalue weighted by molar-refractivity contribution is 5.54. The van der Waals surface area contributed by atoms with Crippen molar-refractivity contribution in [1.29, 1.82) is 0 Å². The van der Waals surface area contributed by atoms with E-state index >= 15 is 0 Å². The van der Waals surface area contributed by atoms with Gasteiger partial charge in [-0.2, -0.15) is 0 Å². The van der Waals surface area contributed by atoms with Crippen molar-refractivity contribution in [3.8, 4) is 0 Å². The van der Waals surface area contributed by atoms with Crippen LogP contribution in [0.5, 0.6) is 0 Å². The van der Waals surface area contributed by atoms with E-state index in [0.717, 1.165) is 19.4 Å². The summed E-state index contributed by atoms with van der Waals surface area (Å²) in [5, 5.41) is 3.29. The van der Waals surface area contributed by atoms with E-state index in [4.69, 9.17) is 0 Å². The van der Waals surface area contributed by atoms with E-state index in [1.807, 2.05) is 0 Å². The van der Waals surface area contributed by atoms with Gasteiger partial charge in [-0.25, -0.2) is 0 Å². The third-order valence-corrected chi connectivity index (χ3v) is 2.40. The van der Waals surface area contributed by atoms with Crippen molar-refractivity contribution in [3.63, 3.8) is 0 Å². The summed E-state index contributed by atoms with van der Waals surface area (Å²) in [6.45, 7) is 6.24. The van der Waals surface area contributed by atoms with E-state index in [9.17, 15) is 4.79 Å². The maximum Gasteiger partial charge on any atom is 0.123 e. The molecule has 0 radical (unpaired) electrons. The van der Waals surface area contributed by atoms with E-state index in [1.54, 1.807) is 0 Å². The zero-order valence-electron chi connectivity index (χ0n) is 6.63. The molecule has 0 amide bonds. The van der Waals surface area contributed by atoms with Crippen LogP contribution in [0.2, 0.25) is 0 Å². The van der Waals surface area contributed by atoms with Crippen LogP contribution in [0.3, 0.4) is 0 Å². The quantitative estimate of drug-likeness (QED) is 0.544. The lowest BCUT2D eigenvalue weighted by atomic mass is 9.82. The summed E-state index contributed by atoms with van der Waals surface area (Å²) in [4.78, 5) is 10.6. The van der Waals surface area contributed by atoms with Crippen LogP contribution >= 0.6 is 0 Å². The van der Waals surface area contributed by atoms with Crippen molar-refractivity contribution in [1.82, 2.24) is 5.32 Å². The Balaban J connectivity index is 2.53. The van der Waals surface area contributed by atoms with Gasteiger partial charge in [0.15, 0.2) is 0 Å². The van der Waals surface area contributed by atoms with E-state index in [0.29, 0.717) is 11.8 Å². The molecule has 2 unspecified atom stereocenters. The van der Waals surface area contributed by atoms with Gasteiger partial charge in [-0.1, -0.05) is 13.8 Å². The molecule has 0 aromatic heterocycles. The first-order valence-electron chi connectivity index (χ1n) is 3.91. The Morgan fingerprint density at radius 1 is 1.30 bits per heavy atom. The molecule has 2 nitrogen and oxygen atoms in total. The molecule has 1 aliphatic rings. The van der Waals surface area contributed by atoms with Crippen LogP contribution < -0.4 is 5.32 Å². The number of carbonyl (C=O) groups is 1. The minimum atomic E-state index is 0.279. The summed E-state index contributed by atoms with van der Waals surface area (Å²) in [5.41, 5.74) is 0. The summed E-state index contributed by atoms with van der Waals surface area (Å²) in [7, 11) is 0. The van der Waals surface area contributed by atoms with Crippen LogP contribution in [-0.4, -0.2) is 19.4 Å². The second-order valence-electron chi connectivity index (χ2n) is 3.33. The molecule has 0 aliphatic carbocycles. The lowest BCUT2D eigenvalue weighted by molar-refractivity contribution is -0.114. The fourth-order valence-corrected chi connectivity index (χ4v) is 1.64. The van der Waals surface area contributed by atoms with Crippen LogP contribution in [0.25, 0.3) is 0 Å². The molecule has 58 valence electrons. The fourth-order valence-electron chi connectivity index (χ4n) is 1.64. The molecule has 0 bridgehead atoms. The second kappa shape index (κ2) is 3.15. The van der Waals surface area contributed by atoms with E-state index < -0.39 is 0 Å². The van der Waals surface area contributed by atoms with Gasteiger partial charge in [0.25, 0.3) is 0 Å². The molecule has 0 saturated carbocycles. The topological polar surface area (TPSA) is 29.1 Å². The number of piperidine rings is 1. The zero-order valence-corrected chi connectivity index (χ0v) is 6.63. The molecule has 0 aromatic carbocycles. The van der Waals surface area contributed by atoms with Crippen molar-refractivity contribution in [2.75, 3.05) is 13.1 Å². The van der Waals surface area contributed by atoms with Gasteiger partial charge in [0.1, 0.15) is 6.29 Å². The first kappa shape index (κ1) is 7.73. The van der Waals surface area contributed by atoms with Crippen molar-refractivity contribution in [3.05, 3.63) is 0 Å². The summed E-state index contributed by atoms with van der Waals surface area (Å²) in [5.74, 6) is 1.31. The van der Waals surface area contributed by atoms with Gasteiger partial charge < -0.3 is 10.1 Å². The van der Waals surface area contributed by atoms with Gasteiger partial charge in [0.2, 0.25) is 0 Å². The largest absolute Gasteiger partial charge is 0.316 e. The molecule has 1 fully saturated rings. The van der Waals surface area contributed by atoms with Gasteiger partial charge in [-0.3, -0.25) is 0 Å². The molecule has 1 N–H and O–H groups in total. The van der Waals surface area contributed by atoms with Crippen LogP contribution in [0, 0.1) is 17.8 Å². The predicted octanol–water partition coefficient (Wildman–Crippen LogP) is 0.677. The molecule has 0 spiro atoms. The Hall–Kier alpha value is -0.370. The van der Waals surface area contributed by atoms with Crippen LogP contribution in [-0.2, 0) is 4.79 Å². The Morgan fingerprint density at radius 2 is 1.80 bits per heavy atom. The van der Waals surface area contributed by atoms with Gasteiger partial charge in [-0.15, -0.1) is 0 Å². The van der Waals surface area contributed by atoms with Gasteiger partial charge in [0.05, 0.1) is 0 Å². The fraction of sp³-hybridized carbons (Fsp3) is 0.875. The lowest BCUT2D eigenvalue weighted by Crippen LogP contribution is -2.41. The molecule has 0 aromatic rings. The summed E-state index contributed by atoms with van der Waals surface area (Å²) in [6.07, 6.45) is 1.11. The maximum absolute atomic E-state index is 10.6. The normalized spacial score (nSPS) is 41.2. The SMILES string of the molecule is CC1CNCC(C)C1C=O. The smallest absolute Gasteiger partial charge is 0.123 e. The summed E-state index contributed by atoms with van der Waals surface area (Å²) >= 11 is 0. The molecule has 2 heteroatoms. The first-order valence-corrected chi connectivity index (χ1v) is 3.91. The molecule has 10 heavy (non-hydrogen) atoms. The highest BCUT2D eigenvalue weighted by atomic mass is 16.1. The Labute approximate surface area is 62.0 Å². The number of hydrogen-bond acceptors (Lipinski definition) is 2. The zero-order chi connectivity index (χ0) is 7.56. The van der Waals surface area contributed by atoms with Gasteiger partial charge in [-0.05, 0) is 24.9 Å². The molecule has 1 rings (SSSR count). The molecule has 1 aliphatic heterocycles. The average Bonchev–Trinajstić information content (AvgIpc) is 1.88.